The minimum atomic E-state index is 0.277. The molecule has 3 aromatic rings. The lowest BCUT2D eigenvalue weighted by atomic mass is 10.1. The number of fused-ring (bicyclic) bond motifs is 1. The summed E-state index contributed by atoms with van der Waals surface area (Å²) < 4.78 is 5.10. The lowest BCUT2D eigenvalue weighted by Gasteiger charge is -2.06. The first-order valence-corrected chi connectivity index (χ1v) is 6.33. The Morgan fingerprint density at radius 1 is 1.20 bits per heavy atom. The second-order valence-electron chi connectivity index (χ2n) is 4.51. The van der Waals surface area contributed by atoms with E-state index in [1.807, 2.05) is 19.1 Å². The highest BCUT2D eigenvalue weighted by atomic mass is 16.5. The van der Waals surface area contributed by atoms with E-state index >= 15 is 0 Å². The monoisotopic (exact) mass is 270 g/mol. The van der Waals surface area contributed by atoms with Crippen molar-refractivity contribution in [1.29, 1.82) is 0 Å². The molecule has 0 amide bonds. The van der Waals surface area contributed by atoms with Crippen LogP contribution in [0.1, 0.15) is 11.3 Å². The van der Waals surface area contributed by atoms with Crippen molar-refractivity contribution >= 4 is 16.9 Å². The van der Waals surface area contributed by atoms with Gasteiger partial charge in [0.25, 0.3) is 5.71 Å². The summed E-state index contributed by atoms with van der Waals surface area (Å²) in [5.41, 5.74) is 2.40. The molecule has 0 aliphatic carbocycles. The fraction of sp³-hybridized carbons (Fsp3) is 0.214. The second-order valence-corrected chi connectivity index (χ2v) is 4.51. The number of aryl methyl sites for hydroxylation is 1. The van der Waals surface area contributed by atoms with E-state index in [9.17, 15) is 5.11 Å². The molecule has 0 spiro atoms. The third-order valence-corrected chi connectivity index (χ3v) is 3.09. The minimum absolute atomic E-state index is 0.277. The van der Waals surface area contributed by atoms with Crippen LogP contribution in [0.3, 0.4) is 0 Å². The van der Waals surface area contributed by atoms with Crippen molar-refractivity contribution in [2.75, 3.05) is 11.9 Å². The molecule has 0 aliphatic heterocycles. The van der Waals surface area contributed by atoms with Gasteiger partial charge in [0.1, 0.15) is 23.3 Å². The van der Waals surface area contributed by atoms with Gasteiger partial charge in [-0.3, -0.25) is 0 Å². The molecular weight excluding hydrogens is 256 g/mol. The molecule has 0 radical (unpaired) electrons. The molecule has 0 saturated heterocycles. The Morgan fingerprint density at radius 3 is 2.80 bits per heavy atom. The summed E-state index contributed by atoms with van der Waals surface area (Å²) in [4.78, 5) is 8.25. The molecule has 0 aliphatic rings. The van der Waals surface area contributed by atoms with E-state index in [1.54, 1.807) is 12.1 Å². The molecule has 0 atom stereocenters. The molecule has 6 nitrogen and oxygen atoms in total. The number of phenolic OH excluding ortho intramolecular Hbond substituents is 1. The smallest absolute Gasteiger partial charge is 0.263 e. The van der Waals surface area contributed by atoms with E-state index in [0.717, 1.165) is 35.4 Å². The maximum Gasteiger partial charge on any atom is 0.263 e. The van der Waals surface area contributed by atoms with Crippen molar-refractivity contribution in [1.82, 2.24) is 15.1 Å². The van der Waals surface area contributed by atoms with Crippen molar-refractivity contribution in [2.24, 2.45) is 0 Å². The molecule has 102 valence electrons. The van der Waals surface area contributed by atoms with Crippen LogP contribution in [0, 0.1) is 6.92 Å². The van der Waals surface area contributed by atoms with E-state index < -0.39 is 0 Å². The Labute approximate surface area is 115 Å². The predicted molar refractivity (Wildman–Crippen MR) is 74.6 cm³/mol. The first-order valence-electron chi connectivity index (χ1n) is 6.33. The number of aromatic hydroxyl groups is 1. The van der Waals surface area contributed by atoms with Crippen LogP contribution in [0.25, 0.3) is 11.1 Å². The molecule has 0 saturated carbocycles. The van der Waals surface area contributed by atoms with Crippen LogP contribution in [0.2, 0.25) is 0 Å². The van der Waals surface area contributed by atoms with E-state index in [2.05, 4.69) is 20.4 Å². The van der Waals surface area contributed by atoms with Gasteiger partial charge in [-0.25, -0.2) is 4.98 Å². The van der Waals surface area contributed by atoms with Gasteiger partial charge in [0.15, 0.2) is 0 Å². The highest BCUT2D eigenvalue weighted by Gasteiger charge is 2.11. The third-order valence-electron chi connectivity index (χ3n) is 3.09. The Bertz CT molecular complexity index is 722. The van der Waals surface area contributed by atoms with Crippen LogP contribution in [0.5, 0.6) is 5.75 Å². The number of rotatable bonds is 4. The van der Waals surface area contributed by atoms with Gasteiger partial charge in [0, 0.05) is 6.54 Å². The van der Waals surface area contributed by atoms with Gasteiger partial charge < -0.3 is 14.9 Å². The van der Waals surface area contributed by atoms with Crippen LogP contribution in [0.4, 0.5) is 5.82 Å². The Morgan fingerprint density at radius 2 is 2.00 bits per heavy atom. The number of nitrogens with one attached hydrogen (secondary N) is 1. The van der Waals surface area contributed by atoms with Gasteiger partial charge in [0.05, 0.1) is 5.69 Å². The van der Waals surface area contributed by atoms with Gasteiger partial charge in [0.2, 0.25) is 0 Å². The number of anilines is 1. The first-order chi connectivity index (χ1) is 9.74. The normalized spacial score (nSPS) is 10.8. The Hall–Kier alpha value is -2.63. The van der Waals surface area contributed by atoms with Gasteiger partial charge in [-0.05, 0) is 31.0 Å². The molecule has 0 fully saturated rings. The Kier molecular flexibility index (Phi) is 3.20. The quantitative estimate of drug-likeness (QED) is 0.756. The summed E-state index contributed by atoms with van der Waals surface area (Å²) in [5.74, 6) is 1.01. The average molecular weight is 270 g/mol. The summed E-state index contributed by atoms with van der Waals surface area (Å²) in [6.45, 7) is 2.59. The summed E-state index contributed by atoms with van der Waals surface area (Å²) >= 11 is 0. The van der Waals surface area contributed by atoms with E-state index in [1.165, 1.54) is 6.33 Å². The van der Waals surface area contributed by atoms with E-state index in [4.69, 9.17) is 4.52 Å². The number of hydrogen-bond donors (Lipinski definition) is 2. The van der Waals surface area contributed by atoms with Gasteiger partial charge in [-0.2, -0.15) is 4.98 Å². The number of aromatic nitrogens is 3. The molecule has 1 aromatic carbocycles. The van der Waals surface area contributed by atoms with Crippen molar-refractivity contribution in [2.45, 2.75) is 13.3 Å². The molecule has 0 bridgehead atoms. The highest BCUT2D eigenvalue weighted by molar-refractivity contribution is 5.87. The zero-order chi connectivity index (χ0) is 13.9. The van der Waals surface area contributed by atoms with Crippen LogP contribution >= 0.6 is 0 Å². The van der Waals surface area contributed by atoms with Gasteiger partial charge in [-0.15, -0.1) is 0 Å². The zero-order valence-corrected chi connectivity index (χ0v) is 11.0. The summed E-state index contributed by atoms with van der Waals surface area (Å²) in [7, 11) is 0. The average Bonchev–Trinajstić information content (AvgIpc) is 2.84. The van der Waals surface area contributed by atoms with Crippen LogP contribution in [0.15, 0.2) is 35.1 Å². The molecule has 20 heavy (non-hydrogen) atoms. The van der Waals surface area contributed by atoms with Crippen molar-refractivity contribution in [3.63, 3.8) is 0 Å². The molecule has 3 rings (SSSR count). The molecule has 2 N–H and O–H groups in total. The fourth-order valence-electron chi connectivity index (χ4n) is 2.04. The van der Waals surface area contributed by atoms with Crippen molar-refractivity contribution in [3.8, 4) is 5.75 Å². The van der Waals surface area contributed by atoms with Crippen LogP contribution in [-0.4, -0.2) is 26.8 Å². The number of nitrogens with zero attached hydrogens (tertiary/aromatic N) is 3. The largest absolute Gasteiger partial charge is 0.508 e. The molecule has 2 heterocycles. The van der Waals surface area contributed by atoms with Crippen LogP contribution in [-0.2, 0) is 6.42 Å². The highest BCUT2D eigenvalue weighted by Crippen LogP contribution is 2.22. The molecular formula is C14H14N4O2. The topological polar surface area (TPSA) is 84.1 Å². The Balaban J connectivity index is 1.71. The van der Waals surface area contributed by atoms with Crippen LogP contribution < -0.4 is 5.32 Å². The zero-order valence-electron chi connectivity index (χ0n) is 11.0. The summed E-state index contributed by atoms with van der Waals surface area (Å²) in [5, 5.41) is 17.2. The van der Waals surface area contributed by atoms with Gasteiger partial charge in [-0.1, -0.05) is 17.3 Å². The number of benzene rings is 1. The second kappa shape index (κ2) is 5.16. The SMILES string of the molecule is Cc1noc2ncnc(NCCc3ccc(O)cc3)c12. The maximum absolute atomic E-state index is 9.24. The standard InChI is InChI=1S/C14H14N4O2/c1-9-12-13(16-8-17-14(12)20-18-9)15-7-6-10-2-4-11(19)5-3-10/h2-5,8,19H,6-7H2,1H3,(H,15,16,17). The van der Waals surface area contributed by atoms with E-state index in [-0.39, 0.29) is 5.75 Å². The van der Waals surface area contributed by atoms with E-state index in [0.29, 0.717) is 5.71 Å². The predicted octanol–water partition coefficient (Wildman–Crippen LogP) is 2.29. The lowest BCUT2D eigenvalue weighted by Crippen LogP contribution is -2.07. The third kappa shape index (κ3) is 2.40. The van der Waals surface area contributed by atoms with Crippen molar-refractivity contribution in [3.05, 3.63) is 41.9 Å². The fourth-order valence-corrected chi connectivity index (χ4v) is 2.04. The minimum Gasteiger partial charge on any atom is -0.508 e. The molecule has 6 heteroatoms. The number of hydrogen-bond acceptors (Lipinski definition) is 6. The molecule has 2 aromatic heterocycles. The lowest BCUT2D eigenvalue weighted by molar-refractivity contribution is 0.442. The summed E-state index contributed by atoms with van der Waals surface area (Å²) in [6, 6.07) is 7.17. The summed E-state index contributed by atoms with van der Waals surface area (Å²) in [6.07, 6.45) is 2.28. The first kappa shape index (κ1) is 12.4. The molecule has 0 unspecified atom stereocenters. The number of phenols is 1. The maximum atomic E-state index is 9.24. The van der Waals surface area contributed by atoms with Crippen molar-refractivity contribution < 1.29 is 9.63 Å². The van der Waals surface area contributed by atoms with Gasteiger partial charge >= 0.3 is 0 Å².